The summed E-state index contributed by atoms with van der Waals surface area (Å²) in [5.74, 6) is -1.48. The first-order valence-electron chi connectivity index (χ1n) is 3.38. The van der Waals surface area contributed by atoms with Crippen molar-refractivity contribution in [3.63, 3.8) is 0 Å². The number of pyridine rings is 1. The van der Waals surface area contributed by atoms with E-state index < -0.39 is 22.7 Å². The molecule has 0 saturated carbocycles. The summed E-state index contributed by atoms with van der Waals surface area (Å²) in [5, 5.41) is 0. The van der Waals surface area contributed by atoms with Crippen molar-refractivity contribution in [2.75, 3.05) is 0 Å². The number of nitrogens with one attached hydrogen (secondary N) is 1. The van der Waals surface area contributed by atoms with Gasteiger partial charge < -0.3 is 9.72 Å². The minimum Gasteiger partial charge on any atom is -0.384 e. The molecule has 0 fully saturated rings. The Morgan fingerprint density at radius 3 is 2.71 bits per heavy atom. The van der Waals surface area contributed by atoms with Gasteiger partial charge in [-0.05, 0) is 12.1 Å². The van der Waals surface area contributed by atoms with Crippen LogP contribution in [0.5, 0.6) is 0 Å². The number of esters is 1. The Hall–Kier alpha value is -1.43. The fourth-order valence-corrected chi connectivity index (χ4v) is 0.812. The number of carbonyl (C=O) groups is 1. The highest BCUT2D eigenvalue weighted by Crippen LogP contribution is 2.21. The van der Waals surface area contributed by atoms with Crippen molar-refractivity contribution in [1.29, 1.82) is 0 Å². The summed E-state index contributed by atoms with van der Waals surface area (Å²) in [6, 6.07) is 2.34. The summed E-state index contributed by atoms with van der Waals surface area (Å²) < 4.78 is 27.5. The van der Waals surface area contributed by atoms with E-state index in [0.29, 0.717) is 0 Å². The Morgan fingerprint density at radius 1 is 1.57 bits per heavy atom. The van der Waals surface area contributed by atoms with Crippen LogP contribution in [0, 0.1) is 0 Å². The highest BCUT2D eigenvalue weighted by atomic mass is 35.5. The molecule has 1 aromatic heterocycles. The van der Waals surface area contributed by atoms with E-state index in [1.807, 2.05) is 0 Å². The van der Waals surface area contributed by atoms with Crippen molar-refractivity contribution in [2.24, 2.45) is 0 Å². The number of halogens is 3. The number of alkyl halides is 3. The van der Waals surface area contributed by atoms with Crippen molar-refractivity contribution in [2.45, 2.75) is 5.57 Å². The molecule has 0 aliphatic rings. The topological polar surface area (TPSA) is 59.2 Å². The van der Waals surface area contributed by atoms with E-state index in [9.17, 15) is 18.4 Å². The summed E-state index contributed by atoms with van der Waals surface area (Å²) in [6.45, 7) is 0. The maximum absolute atomic E-state index is 12.0. The molecule has 0 amide bonds. The summed E-state index contributed by atoms with van der Waals surface area (Å²) in [4.78, 5) is 23.9. The van der Waals surface area contributed by atoms with Crippen molar-refractivity contribution in [3.05, 3.63) is 34.2 Å². The van der Waals surface area contributed by atoms with Gasteiger partial charge in [0.2, 0.25) is 0 Å². The predicted octanol–water partition coefficient (Wildman–Crippen LogP) is 1.32. The molecule has 0 aromatic carbocycles. The summed E-state index contributed by atoms with van der Waals surface area (Å²) in [6.07, 6.45) is 1.25. The standard InChI is InChI=1S/C7H4ClF2NO3/c8-7(9,10)14-6(13)4-2-1-3-11-5(4)12/h1-3H,(H,11,12). The Bertz CT molecular complexity index is 398. The molecule has 0 unspecified atom stereocenters. The van der Waals surface area contributed by atoms with E-state index in [4.69, 9.17) is 0 Å². The lowest BCUT2D eigenvalue weighted by Gasteiger charge is -2.07. The quantitative estimate of drug-likeness (QED) is 0.608. The Labute approximate surface area is 81.5 Å². The molecule has 7 heteroatoms. The number of rotatable bonds is 2. The van der Waals surface area contributed by atoms with Crippen LogP contribution in [0.1, 0.15) is 10.4 Å². The fraction of sp³-hybridized carbons (Fsp3) is 0.143. The molecule has 1 heterocycles. The van der Waals surface area contributed by atoms with Gasteiger partial charge in [0.15, 0.2) is 0 Å². The molecule has 76 valence electrons. The fourth-order valence-electron chi connectivity index (χ4n) is 0.742. The first kappa shape index (κ1) is 10.6. The van der Waals surface area contributed by atoms with Gasteiger partial charge >= 0.3 is 11.5 Å². The monoisotopic (exact) mass is 223 g/mol. The third-order valence-corrected chi connectivity index (χ3v) is 1.32. The van der Waals surface area contributed by atoms with Crippen molar-refractivity contribution in [1.82, 2.24) is 4.98 Å². The molecule has 0 aliphatic heterocycles. The minimum absolute atomic E-state index is 0.534. The third-order valence-electron chi connectivity index (χ3n) is 1.25. The molecular formula is C7H4ClF2NO3. The molecule has 0 aliphatic carbocycles. The maximum atomic E-state index is 12.0. The molecule has 0 atom stereocenters. The van der Waals surface area contributed by atoms with Gasteiger partial charge in [0.25, 0.3) is 5.56 Å². The molecule has 0 saturated heterocycles. The average molecular weight is 224 g/mol. The number of hydrogen-bond donors (Lipinski definition) is 1. The number of carbonyl (C=O) groups excluding carboxylic acids is 1. The van der Waals surface area contributed by atoms with Gasteiger partial charge in [-0.3, -0.25) is 4.79 Å². The lowest BCUT2D eigenvalue weighted by atomic mass is 10.3. The van der Waals surface area contributed by atoms with Crippen LogP contribution in [-0.2, 0) is 4.74 Å². The van der Waals surface area contributed by atoms with Crippen LogP contribution in [-0.4, -0.2) is 16.5 Å². The predicted molar refractivity (Wildman–Crippen MR) is 43.3 cm³/mol. The number of aromatic nitrogens is 1. The van der Waals surface area contributed by atoms with Crippen LogP contribution in [0.15, 0.2) is 23.1 Å². The first-order valence-corrected chi connectivity index (χ1v) is 3.76. The summed E-state index contributed by atoms with van der Waals surface area (Å²) in [5.41, 5.74) is -5.47. The van der Waals surface area contributed by atoms with Gasteiger partial charge in [-0.15, -0.1) is 8.78 Å². The van der Waals surface area contributed by atoms with Gasteiger partial charge in [0.05, 0.1) is 0 Å². The molecular weight excluding hydrogens is 220 g/mol. The molecule has 1 N–H and O–H groups in total. The van der Waals surface area contributed by atoms with Gasteiger partial charge in [-0.25, -0.2) is 4.79 Å². The average Bonchev–Trinajstić information content (AvgIpc) is 2.01. The Kier molecular flexibility index (Phi) is 2.85. The van der Waals surface area contributed by atoms with Crippen molar-refractivity contribution >= 4 is 17.6 Å². The minimum atomic E-state index is -4.11. The van der Waals surface area contributed by atoms with E-state index in [1.165, 1.54) is 12.3 Å². The molecule has 1 aromatic rings. The lowest BCUT2D eigenvalue weighted by molar-refractivity contribution is -0.130. The van der Waals surface area contributed by atoms with Gasteiger partial charge in [-0.1, -0.05) is 0 Å². The van der Waals surface area contributed by atoms with E-state index >= 15 is 0 Å². The number of H-pyrrole nitrogens is 1. The van der Waals surface area contributed by atoms with Gasteiger partial charge in [0.1, 0.15) is 5.56 Å². The third kappa shape index (κ3) is 2.81. The van der Waals surface area contributed by atoms with E-state index in [2.05, 4.69) is 21.3 Å². The normalized spacial score (nSPS) is 11.1. The lowest BCUT2D eigenvalue weighted by Crippen LogP contribution is -2.24. The largest absolute Gasteiger partial charge is 0.489 e. The van der Waals surface area contributed by atoms with E-state index in [1.54, 1.807) is 0 Å². The highest BCUT2D eigenvalue weighted by molar-refractivity contribution is 6.21. The van der Waals surface area contributed by atoms with Crippen LogP contribution in [0.4, 0.5) is 8.78 Å². The Balaban J connectivity index is 2.92. The van der Waals surface area contributed by atoms with Crippen LogP contribution in [0.3, 0.4) is 0 Å². The molecule has 14 heavy (non-hydrogen) atoms. The van der Waals surface area contributed by atoms with Crippen LogP contribution < -0.4 is 5.56 Å². The van der Waals surface area contributed by atoms with Gasteiger partial charge in [-0.2, -0.15) is 0 Å². The Morgan fingerprint density at radius 2 is 2.21 bits per heavy atom. The van der Waals surface area contributed by atoms with Crippen LogP contribution in [0.2, 0.25) is 0 Å². The molecule has 0 bridgehead atoms. The number of aromatic amines is 1. The van der Waals surface area contributed by atoms with Crippen molar-refractivity contribution < 1.29 is 18.3 Å². The second-order valence-electron chi connectivity index (χ2n) is 2.25. The number of hydrogen-bond acceptors (Lipinski definition) is 3. The maximum Gasteiger partial charge on any atom is 0.489 e. The van der Waals surface area contributed by atoms with Crippen molar-refractivity contribution in [3.8, 4) is 0 Å². The summed E-state index contributed by atoms with van der Waals surface area (Å²) >= 11 is 4.34. The molecule has 4 nitrogen and oxygen atoms in total. The molecule has 0 spiro atoms. The molecule has 1 rings (SSSR count). The van der Waals surface area contributed by atoms with E-state index in [0.717, 1.165) is 6.07 Å². The smallest absolute Gasteiger partial charge is 0.384 e. The second-order valence-corrected chi connectivity index (χ2v) is 2.69. The SMILES string of the molecule is O=C(OC(F)(F)Cl)c1ccc[nH]c1=O. The zero-order valence-electron chi connectivity index (χ0n) is 6.59. The zero-order valence-corrected chi connectivity index (χ0v) is 7.35. The van der Waals surface area contributed by atoms with Crippen LogP contribution in [0.25, 0.3) is 0 Å². The van der Waals surface area contributed by atoms with Crippen LogP contribution >= 0.6 is 11.6 Å². The summed E-state index contributed by atoms with van der Waals surface area (Å²) in [7, 11) is 0. The molecule has 0 radical (unpaired) electrons. The second kappa shape index (κ2) is 3.75. The number of ether oxygens (including phenoxy) is 1. The van der Waals surface area contributed by atoms with Gasteiger partial charge in [0, 0.05) is 17.8 Å². The highest BCUT2D eigenvalue weighted by Gasteiger charge is 2.31. The van der Waals surface area contributed by atoms with E-state index in [-0.39, 0.29) is 0 Å². The zero-order chi connectivity index (χ0) is 10.8. The first-order chi connectivity index (χ1) is 6.40.